The highest BCUT2D eigenvalue weighted by molar-refractivity contribution is 9.11. The molecule has 0 unspecified atom stereocenters. The minimum atomic E-state index is -3.58. The van der Waals surface area contributed by atoms with Gasteiger partial charge < -0.3 is 5.73 Å². The van der Waals surface area contributed by atoms with Crippen LogP contribution in [0.2, 0.25) is 0 Å². The van der Waals surface area contributed by atoms with Gasteiger partial charge >= 0.3 is 0 Å². The Labute approximate surface area is 140 Å². The van der Waals surface area contributed by atoms with Crippen molar-refractivity contribution in [2.75, 3.05) is 24.6 Å². The molecule has 0 radical (unpaired) electrons. The maximum Gasteiger partial charge on any atom is 0.246 e. The van der Waals surface area contributed by atoms with Crippen molar-refractivity contribution in [2.45, 2.75) is 23.5 Å². The van der Waals surface area contributed by atoms with Crippen molar-refractivity contribution < 1.29 is 8.42 Å². The molecular formula is C12H16Br2N2O2S2. The predicted molar refractivity (Wildman–Crippen MR) is 91.6 cm³/mol. The fourth-order valence-corrected chi connectivity index (χ4v) is 7.09. The summed E-state index contributed by atoms with van der Waals surface area (Å²) in [7, 11) is -3.58. The van der Waals surface area contributed by atoms with Gasteiger partial charge in [0.25, 0.3) is 0 Å². The van der Waals surface area contributed by atoms with E-state index in [0.29, 0.717) is 17.6 Å². The molecule has 0 bridgehead atoms. The van der Waals surface area contributed by atoms with Gasteiger partial charge in [-0.05, 0) is 41.9 Å². The van der Waals surface area contributed by atoms with E-state index in [1.807, 2.05) is 0 Å². The third-order valence-electron chi connectivity index (χ3n) is 3.03. The fraction of sp³-hybridized carbons (Fsp3) is 0.500. The molecule has 1 saturated heterocycles. The number of thioether (sulfide) groups is 1. The lowest BCUT2D eigenvalue weighted by molar-refractivity contribution is 0.387. The van der Waals surface area contributed by atoms with Gasteiger partial charge in [0.2, 0.25) is 10.0 Å². The summed E-state index contributed by atoms with van der Waals surface area (Å²) in [6.45, 7) is 5.11. The zero-order valence-electron chi connectivity index (χ0n) is 11.2. The number of rotatable bonds is 2. The molecule has 1 fully saturated rings. The second-order valence-corrected chi connectivity index (χ2v) is 10.7. The lowest BCUT2D eigenvalue weighted by Crippen LogP contribution is -2.46. The van der Waals surface area contributed by atoms with E-state index < -0.39 is 10.0 Å². The molecule has 1 aromatic rings. The Balaban J connectivity index is 2.46. The van der Waals surface area contributed by atoms with Crippen LogP contribution in [0.3, 0.4) is 0 Å². The van der Waals surface area contributed by atoms with Crippen LogP contribution in [-0.4, -0.2) is 36.3 Å². The molecule has 0 spiro atoms. The van der Waals surface area contributed by atoms with Crippen molar-refractivity contribution in [3.63, 3.8) is 0 Å². The largest absolute Gasteiger partial charge is 0.398 e. The van der Waals surface area contributed by atoms with Gasteiger partial charge in [-0.3, -0.25) is 0 Å². The number of nitrogens with zero attached hydrogens (tertiary/aromatic N) is 1. The number of hydrogen-bond acceptors (Lipinski definition) is 4. The molecule has 1 aliphatic rings. The Kier molecular flexibility index (Phi) is 4.81. The van der Waals surface area contributed by atoms with Crippen LogP contribution in [0.4, 0.5) is 5.69 Å². The predicted octanol–water partition coefficient (Wildman–Crippen LogP) is 3.31. The summed E-state index contributed by atoms with van der Waals surface area (Å²) in [5, 5.41) is 0. The molecule has 0 atom stereocenters. The molecule has 2 rings (SSSR count). The minimum Gasteiger partial charge on any atom is -0.398 e. The summed E-state index contributed by atoms with van der Waals surface area (Å²) in [5.74, 6) is 0.792. The van der Waals surface area contributed by atoms with Crippen LogP contribution in [0.25, 0.3) is 0 Å². The van der Waals surface area contributed by atoms with E-state index in [1.165, 1.54) is 4.31 Å². The first-order chi connectivity index (χ1) is 9.13. The SMILES string of the molecule is CC1(C)CN(S(=O)(=O)c2c(N)cc(Br)cc2Br)CCS1. The molecule has 0 amide bonds. The molecule has 2 N–H and O–H groups in total. The zero-order valence-corrected chi connectivity index (χ0v) is 16.0. The average Bonchev–Trinajstić information content (AvgIpc) is 2.25. The van der Waals surface area contributed by atoms with Gasteiger partial charge in [0.05, 0.1) is 5.69 Å². The first-order valence-corrected chi connectivity index (χ1v) is 10.0. The number of halogens is 2. The van der Waals surface area contributed by atoms with E-state index in [4.69, 9.17) is 5.73 Å². The fourth-order valence-electron chi connectivity index (χ4n) is 2.16. The zero-order chi connectivity index (χ0) is 15.1. The molecular weight excluding hydrogens is 428 g/mol. The summed E-state index contributed by atoms with van der Waals surface area (Å²) < 4.78 is 28.3. The Hall–Kier alpha value is 0.240. The highest BCUT2D eigenvalue weighted by atomic mass is 79.9. The van der Waals surface area contributed by atoms with Gasteiger partial charge in [0.15, 0.2) is 0 Å². The molecule has 8 heteroatoms. The van der Waals surface area contributed by atoms with Crippen molar-refractivity contribution in [1.82, 2.24) is 4.31 Å². The number of benzene rings is 1. The van der Waals surface area contributed by atoms with Crippen molar-refractivity contribution in [3.05, 3.63) is 21.1 Å². The van der Waals surface area contributed by atoms with Crippen molar-refractivity contribution >= 4 is 59.3 Å². The summed E-state index contributed by atoms with van der Waals surface area (Å²) >= 11 is 8.40. The van der Waals surface area contributed by atoms with Crippen LogP contribution in [0, 0.1) is 0 Å². The summed E-state index contributed by atoms with van der Waals surface area (Å²) in [4.78, 5) is 0.156. The Bertz CT molecular complexity index is 609. The van der Waals surface area contributed by atoms with Gasteiger partial charge in [0.1, 0.15) is 4.90 Å². The van der Waals surface area contributed by atoms with E-state index in [-0.39, 0.29) is 15.3 Å². The van der Waals surface area contributed by atoms with Crippen molar-refractivity contribution in [2.24, 2.45) is 0 Å². The Morgan fingerprint density at radius 1 is 1.35 bits per heavy atom. The van der Waals surface area contributed by atoms with E-state index >= 15 is 0 Å². The molecule has 20 heavy (non-hydrogen) atoms. The van der Waals surface area contributed by atoms with E-state index in [9.17, 15) is 8.42 Å². The third kappa shape index (κ3) is 3.35. The van der Waals surface area contributed by atoms with Crippen LogP contribution in [0.5, 0.6) is 0 Å². The van der Waals surface area contributed by atoms with E-state index in [1.54, 1.807) is 23.9 Å². The number of anilines is 1. The van der Waals surface area contributed by atoms with Gasteiger partial charge in [-0.15, -0.1) is 0 Å². The molecule has 4 nitrogen and oxygen atoms in total. The third-order valence-corrected chi connectivity index (χ3v) is 7.63. The highest BCUT2D eigenvalue weighted by Crippen LogP contribution is 2.37. The summed E-state index contributed by atoms with van der Waals surface area (Å²) in [6.07, 6.45) is 0. The Morgan fingerprint density at radius 2 is 2.00 bits per heavy atom. The molecule has 1 aliphatic heterocycles. The van der Waals surface area contributed by atoms with Crippen LogP contribution in [0.1, 0.15) is 13.8 Å². The van der Waals surface area contributed by atoms with E-state index in [0.717, 1.165) is 10.2 Å². The summed E-state index contributed by atoms with van der Waals surface area (Å²) in [5.41, 5.74) is 6.16. The minimum absolute atomic E-state index is 0.0814. The van der Waals surface area contributed by atoms with Crippen LogP contribution >= 0.6 is 43.6 Å². The average molecular weight is 444 g/mol. The highest BCUT2D eigenvalue weighted by Gasteiger charge is 2.36. The van der Waals surface area contributed by atoms with Crippen LogP contribution in [-0.2, 0) is 10.0 Å². The Morgan fingerprint density at radius 3 is 2.55 bits per heavy atom. The van der Waals surface area contributed by atoms with Gasteiger partial charge in [-0.1, -0.05) is 15.9 Å². The standard InChI is InChI=1S/C12H16Br2N2O2S2/c1-12(2)7-16(3-4-19-12)20(17,18)11-9(14)5-8(13)6-10(11)15/h5-6H,3-4,7,15H2,1-2H3. The van der Waals surface area contributed by atoms with Crippen LogP contribution in [0.15, 0.2) is 26.0 Å². The lowest BCUT2D eigenvalue weighted by Gasteiger charge is -2.36. The van der Waals surface area contributed by atoms with E-state index in [2.05, 4.69) is 45.7 Å². The summed E-state index contributed by atoms with van der Waals surface area (Å²) in [6, 6.07) is 3.31. The topological polar surface area (TPSA) is 63.4 Å². The first-order valence-electron chi connectivity index (χ1n) is 6.02. The smallest absolute Gasteiger partial charge is 0.246 e. The number of sulfonamides is 1. The molecule has 1 heterocycles. The number of hydrogen-bond donors (Lipinski definition) is 1. The molecule has 0 aliphatic carbocycles. The van der Waals surface area contributed by atoms with Crippen LogP contribution < -0.4 is 5.73 Å². The maximum atomic E-state index is 12.8. The van der Waals surface area contributed by atoms with Crippen molar-refractivity contribution in [1.29, 1.82) is 0 Å². The molecule has 0 aromatic heterocycles. The second-order valence-electron chi connectivity index (χ2n) is 5.25. The van der Waals surface area contributed by atoms with Gasteiger partial charge in [-0.25, -0.2) is 8.42 Å². The first kappa shape index (κ1) is 16.6. The van der Waals surface area contributed by atoms with Crippen molar-refractivity contribution in [3.8, 4) is 0 Å². The normalized spacial score (nSPS) is 20.0. The monoisotopic (exact) mass is 442 g/mol. The lowest BCUT2D eigenvalue weighted by atomic mass is 10.2. The molecule has 112 valence electrons. The van der Waals surface area contributed by atoms with Gasteiger partial charge in [-0.2, -0.15) is 16.1 Å². The maximum absolute atomic E-state index is 12.8. The quantitative estimate of drug-likeness (QED) is 0.712. The molecule has 0 saturated carbocycles. The second kappa shape index (κ2) is 5.79. The molecule has 1 aromatic carbocycles. The number of nitrogen functional groups attached to an aromatic ring is 1. The number of nitrogens with two attached hydrogens (primary N) is 1. The van der Waals surface area contributed by atoms with Gasteiger partial charge in [0, 0.05) is 32.5 Å².